The van der Waals surface area contributed by atoms with Crippen LogP contribution in [0.5, 0.6) is 0 Å². The van der Waals surface area contributed by atoms with Gasteiger partial charge in [0.05, 0.1) is 28.3 Å². The highest BCUT2D eigenvalue weighted by molar-refractivity contribution is 9.10. The van der Waals surface area contributed by atoms with E-state index in [0.29, 0.717) is 5.56 Å². The largest absolute Gasteiger partial charge is 0.373 e. The summed E-state index contributed by atoms with van der Waals surface area (Å²) in [5, 5.41) is 2.93. The molecule has 0 saturated carbocycles. The first-order valence-corrected chi connectivity index (χ1v) is 6.85. The first kappa shape index (κ1) is 12.1. The zero-order chi connectivity index (χ0) is 12.7. The third-order valence-corrected chi connectivity index (χ3v) is 4.42. The van der Waals surface area contributed by atoms with Gasteiger partial charge in [0.1, 0.15) is 5.82 Å². The molecule has 2 saturated heterocycles. The molecule has 0 aliphatic carbocycles. The molecule has 96 valence electrons. The average molecular weight is 314 g/mol. The number of amides is 1. The predicted octanol–water partition coefficient (Wildman–Crippen LogP) is 2.64. The monoisotopic (exact) mass is 313 g/mol. The van der Waals surface area contributed by atoms with Gasteiger partial charge in [-0.05, 0) is 47.3 Å². The normalized spacial score (nSPS) is 29.6. The third-order valence-electron chi connectivity index (χ3n) is 3.62. The highest BCUT2D eigenvalue weighted by atomic mass is 79.9. The van der Waals surface area contributed by atoms with Crippen LogP contribution in [0.15, 0.2) is 22.7 Å². The number of rotatable bonds is 2. The minimum absolute atomic E-state index is 0.0615. The number of carbonyl (C=O) groups excluding carboxylic acids is 1. The van der Waals surface area contributed by atoms with Crippen molar-refractivity contribution < 1.29 is 13.9 Å². The molecular formula is C13H13BrFNO2. The molecule has 0 aromatic heterocycles. The minimum atomic E-state index is -0.424. The lowest BCUT2D eigenvalue weighted by Crippen LogP contribution is -2.41. The van der Waals surface area contributed by atoms with Gasteiger partial charge in [0.15, 0.2) is 0 Å². The fourth-order valence-corrected chi connectivity index (χ4v) is 3.16. The number of hydrogen-bond donors (Lipinski definition) is 1. The molecule has 0 spiro atoms. The lowest BCUT2D eigenvalue weighted by atomic mass is 9.95. The van der Waals surface area contributed by atoms with Gasteiger partial charge >= 0.3 is 0 Å². The van der Waals surface area contributed by atoms with Gasteiger partial charge in [-0.2, -0.15) is 0 Å². The lowest BCUT2D eigenvalue weighted by Gasteiger charge is -2.20. The maximum atomic E-state index is 13.4. The van der Waals surface area contributed by atoms with Crippen LogP contribution in [0.4, 0.5) is 4.39 Å². The van der Waals surface area contributed by atoms with E-state index in [9.17, 15) is 9.18 Å². The molecule has 1 amide bonds. The molecule has 2 fully saturated rings. The van der Waals surface area contributed by atoms with Crippen LogP contribution in [0, 0.1) is 5.82 Å². The number of hydrogen-bond acceptors (Lipinski definition) is 2. The Balaban J connectivity index is 1.73. The van der Waals surface area contributed by atoms with E-state index in [1.165, 1.54) is 12.1 Å². The molecular weight excluding hydrogens is 301 g/mol. The van der Waals surface area contributed by atoms with Crippen molar-refractivity contribution >= 4 is 21.8 Å². The second kappa shape index (κ2) is 4.63. The first-order chi connectivity index (χ1) is 8.65. The molecule has 3 nitrogen and oxygen atoms in total. The van der Waals surface area contributed by atoms with Gasteiger partial charge in [0, 0.05) is 0 Å². The SMILES string of the molecule is O=C(NC1CC2CCC1O2)c1cccc(F)c1Br. The molecule has 3 unspecified atom stereocenters. The van der Waals surface area contributed by atoms with Crippen molar-refractivity contribution in [3.8, 4) is 0 Å². The molecule has 18 heavy (non-hydrogen) atoms. The molecule has 2 heterocycles. The van der Waals surface area contributed by atoms with E-state index in [-0.39, 0.29) is 28.6 Å². The van der Waals surface area contributed by atoms with Crippen LogP contribution >= 0.6 is 15.9 Å². The minimum Gasteiger partial charge on any atom is -0.373 e. The van der Waals surface area contributed by atoms with E-state index in [1.807, 2.05) is 0 Å². The van der Waals surface area contributed by atoms with E-state index in [2.05, 4.69) is 21.2 Å². The van der Waals surface area contributed by atoms with Gasteiger partial charge in [0.25, 0.3) is 5.91 Å². The Morgan fingerprint density at radius 2 is 2.28 bits per heavy atom. The summed E-state index contributed by atoms with van der Waals surface area (Å²) in [5.74, 6) is -0.672. The summed E-state index contributed by atoms with van der Waals surface area (Å²) < 4.78 is 19.2. The Labute approximate surface area is 113 Å². The van der Waals surface area contributed by atoms with E-state index in [1.54, 1.807) is 6.07 Å². The number of ether oxygens (including phenoxy) is 1. The van der Waals surface area contributed by atoms with Gasteiger partial charge in [-0.1, -0.05) is 6.07 Å². The Morgan fingerprint density at radius 1 is 1.44 bits per heavy atom. The van der Waals surface area contributed by atoms with E-state index >= 15 is 0 Å². The van der Waals surface area contributed by atoms with Gasteiger partial charge in [-0.25, -0.2) is 4.39 Å². The average Bonchev–Trinajstić information content (AvgIpc) is 2.94. The molecule has 2 aliphatic heterocycles. The number of benzene rings is 1. The summed E-state index contributed by atoms with van der Waals surface area (Å²) in [6, 6.07) is 4.52. The van der Waals surface area contributed by atoms with Crippen molar-refractivity contribution in [3.05, 3.63) is 34.1 Å². The number of halogens is 2. The Morgan fingerprint density at radius 3 is 2.94 bits per heavy atom. The zero-order valence-electron chi connectivity index (χ0n) is 9.66. The Kier molecular flexibility index (Phi) is 3.11. The van der Waals surface area contributed by atoms with Crippen LogP contribution in [0.25, 0.3) is 0 Å². The van der Waals surface area contributed by atoms with Crippen molar-refractivity contribution in [2.45, 2.75) is 37.5 Å². The molecule has 5 heteroatoms. The topological polar surface area (TPSA) is 38.3 Å². The Bertz CT molecular complexity index is 494. The standard InChI is InChI=1S/C13H13BrFNO2/c14-12-8(2-1-3-9(12)15)13(17)16-10-6-7-4-5-11(10)18-7/h1-3,7,10-11H,4-6H2,(H,16,17). The molecule has 3 atom stereocenters. The number of nitrogens with one attached hydrogen (secondary N) is 1. The predicted molar refractivity (Wildman–Crippen MR) is 67.9 cm³/mol. The van der Waals surface area contributed by atoms with Gasteiger partial charge in [-0.3, -0.25) is 4.79 Å². The summed E-state index contributed by atoms with van der Waals surface area (Å²) in [5.41, 5.74) is 0.331. The highest BCUT2D eigenvalue weighted by Gasteiger charge is 2.41. The van der Waals surface area contributed by atoms with Crippen LogP contribution in [0.3, 0.4) is 0 Å². The molecule has 2 aliphatic rings. The first-order valence-electron chi connectivity index (χ1n) is 6.05. The summed E-state index contributed by atoms with van der Waals surface area (Å²) >= 11 is 3.10. The molecule has 0 radical (unpaired) electrons. The summed E-state index contributed by atoms with van der Waals surface area (Å²) in [4.78, 5) is 12.1. The quantitative estimate of drug-likeness (QED) is 0.911. The Hall–Kier alpha value is -0.940. The fraction of sp³-hybridized carbons (Fsp3) is 0.462. The van der Waals surface area contributed by atoms with Gasteiger partial charge < -0.3 is 10.1 Å². The van der Waals surface area contributed by atoms with Crippen molar-refractivity contribution in [1.29, 1.82) is 0 Å². The van der Waals surface area contributed by atoms with Gasteiger partial charge in [0.2, 0.25) is 0 Å². The molecule has 1 aromatic carbocycles. The van der Waals surface area contributed by atoms with Crippen molar-refractivity contribution in [2.75, 3.05) is 0 Å². The maximum absolute atomic E-state index is 13.4. The molecule has 1 N–H and O–H groups in total. The van der Waals surface area contributed by atoms with Crippen LogP contribution in [0.1, 0.15) is 29.6 Å². The number of carbonyl (C=O) groups is 1. The lowest BCUT2D eigenvalue weighted by molar-refractivity contribution is 0.0840. The fourth-order valence-electron chi connectivity index (χ4n) is 2.72. The summed E-state index contributed by atoms with van der Waals surface area (Å²) in [7, 11) is 0. The maximum Gasteiger partial charge on any atom is 0.252 e. The van der Waals surface area contributed by atoms with E-state index in [0.717, 1.165) is 19.3 Å². The van der Waals surface area contributed by atoms with Crippen LogP contribution < -0.4 is 5.32 Å². The van der Waals surface area contributed by atoms with Crippen LogP contribution in [-0.4, -0.2) is 24.2 Å². The highest BCUT2D eigenvalue weighted by Crippen LogP contribution is 2.34. The van der Waals surface area contributed by atoms with Crippen LogP contribution in [-0.2, 0) is 4.74 Å². The van der Waals surface area contributed by atoms with E-state index in [4.69, 9.17) is 4.74 Å². The molecule has 2 bridgehead atoms. The van der Waals surface area contributed by atoms with Crippen molar-refractivity contribution in [2.24, 2.45) is 0 Å². The smallest absolute Gasteiger partial charge is 0.252 e. The van der Waals surface area contributed by atoms with Crippen molar-refractivity contribution in [3.63, 3.8) is 0 Å². The molecule has 3 rings (SSSR count). The van der Waals surface area contributed by atoms with Crippen LogP contribution in [0.2, 0.25) is 0 Å². The third kappa shape index (κ3) is 2.06. The van der Waals surface area contributed by atoms with Crippen molar-refractivity contribution in [1.82, 2.24) is 5.32 Å². The van der Waals surface area contributed by atoms with Gasteiger partial charge in [-0.15, -0.1) is 0 Å². The van der Waals surface area contributed by atoms with E-state index < -0.39 is 5.82 Å². The number of fused-ring (bicyclic) bond motifs is 2. The molecule has 1 aromatic rings. The summed E-state index contributed by atoms with van der Waals surface area (Å²) in [6.45, 7) is 0. The summed E-state index contributed by atoms with van der Waals surface area (Å²) in [6.07, 6.45) is 3.37. The second-order valence-corrected chi connectivity index (χ2v) is 5.58. The second-order valence-electron chi connectivity index (χ2n) is 4.79. The zero-order valence-corrected chi connectivity index (χ0v) is 11.2.